The van der Waals surface area contributed by atoms with Gasteiger partial charge in [-0.1, -0.05) is 35.2 Å². The molecule has 32 heavy (non-hydrogen) atoms. The molecule has 1 heterocycles. The van der Waals surface area contributed by atoms with Gasteiger partial charge >= 0.3 is 0 Å². The topological polar surface area (TPSA) is 99.6 Å². The number of primary amides is 1. The van der Waals surface area contributed by atoms with E-state index in [1.807, 2.05) is 24.3 Å². The minimum absolute atomic E-state index is 0.177. The van der Waals surface area contributed by atoms with Gasteiger partial charge in [-0.2, -0.15) is 9.78 Å². The van der Waals surface area contributed by atoms with Crippen LogP contribution in [0.5, 0.6) is 5.75 Å². The van der Waals surface area contributed by atoms with Gasteiger partial charge in [0, 0.05) is 10.4 Å². The fourth-order valence-electron chi connectivity index (χ4n) is 3.89. The maximum Gasteiger partial charge on any atom is 0.282 e. The predicted octanol–water partition coefficient (Wildman–Crippen LogP) is 4.56. The second kappa shape index (κ2) is 10.1. The number of amides is 1. The maximum absolute atomic E-state index is 13.4. The number of ether oxygens (including phenoxy) is 1. The second-order valence-corrected chi connectivity index (χ2v) is 9.85. The largest absolute Gasteiger partial charge is 0.483 e. The van der Waals surface area contributed by atoms with E-state index in [0.29, 0.717) is 16.7 Å². The molecule has 1 saturated carbocycles. The number of carbonyl (C=O) groups excluding carboxylic acids is 1. The smallest absolute Gasteiger partial charge is 0.282 e. The first-order valence-corrected chi connectivity index (χ1v) is 12.3. The van der Waals surface area contributed by atoms with Crippen molar-refractivity contribution in [3.63, 3.8) is 0 Å². The number of nitrogens with zero attached hydrogens (tertiary/aromatic N) is 3. The lowest BCUT2D eigenvalue weighted by molar-refractivity contribution is -0.119. The molecule has 1 aliphatic rings. The molecule has 166 valence electrons. The zero-order valence-electron chi connectivity index (χ0n) is 17.3. The Morgan fingerprint density at radius 1 is 1.25 bits per heavy atom. The van der Waals surface area contributed by atoms with Crippen LogP contribution in [0.4, 0.5) is 0 Å². The van der Waals surface area contributed by atoms with Crippen molar-refractivity contribution in [1.29, 1.82) is 0 Å². The molecule has 0 bridgehead atoms. The monoisotopic (exact) mass is 608 g/mol. The van der Waals surface area contributed by atoms with E-state index < -0.39 is 5.91 Å². The van der Waals surface area contributed by atoms with Crippen LogP contribution in [-0.4, -0.2) is 28.4 Å². The highest BCUT2D eigenvalue weighted by Crippen LogP contribution is 2.32. The standard InChI is InChI=1S/C23H22BrIN4O3/c24-16-7-8-19-17(11-16)23(31)29(22(28-19)15-4-2-1-3-5-15)27-12-14-6-9-20(18(25)10-14)32-13-21(26)30/h6-12,15H,1-5,13H2,(H2,26,30). The molecule has 1 amide bonds. The molecular formula is C23H22BrIN4O3. The van der Waals surface area contributed by atoms with Gasteiger partial charge in [-0.3, -0.25) is 9.59 Å². The molecule has 1 aromatic heterocycles. The van der Waals surface area contributed by atoms with E-state index in [2.05, 4.69) is 43.6 Å². The van der Waals surface area contributed by atoms with Crippen molar-refractivity contribution in [2.75, 3.05) is 6.61 Å². The van der Waals surface area contributed by atoms with Crippen molar-refractivity contribution in [2.45, 2.75) is 38.0 Å². The van der Waals surface area contributed by atoms with E-state index in [-0.39, 0.29) is 18.1 Å². The molecule has 1 aliphatic carbocycles. The van der Waals surface area contributed by atoms with E-state index in [1.165, 1.54) is 11.1 Å². The van der Waals surface area contributed by atoms with Crippen molar-refractivity contribution < 1.29 is 9.53 Å². The third kappa shape index (κ3) is 5.20. The van der Waals surface area contributed by atoms with Crippen molar-refractivity contribution in [3.05, 3.63) is 66.2 Å². The molecule has 0 unspecified atom stereocenters. The number of hydrogen-bond acceptors (Lipinski definition) is 5. The van der Waals surface area contributed by atoms with Gasteiger partial charge in [0.25, 0.3) is 11.5 Å². The molecule has 9 heteroatoms. The zero-order valence-corrected chi connectivity index (χ0v) is 21.0. The lowest BCUT2D eigenvalue weighted by atomic mass is 9.88. The molecule has 0 atom stereocenters. The highest BCUT2D eigenvalue weighted by molar-refractivity contribution is 14.1. The van der Waals surface area contributed by atoms with Crippen molar-refractivity contribution >= 4 is 61.5 Å². The highest BCUT2D eigenvalue weighted by atomic mass is 127. The summed E-state index contributed by atoms with van der Waals surface area (Å²) in [6.45, 7) is -0.179. The van der Waals surface area contributed by atoms with Gasteiger partial charge in [0.15, 0.2) is 6.61 Å². The fraction of sp³-hybridized carbons (Fsp3) is 0.304. The Bertz CT molecular complexity index is 1250. The molecule has 4 rings (SSSR count). The lowest BCUT2D eigenvalue weighted by Gasteiger charge is -2.22. The molecule has 2 N–H and O–H groups in total. The Morgan fingerprint density at radius 2 is 2.03 bits per heavy atom. The van der Waals surface area contributed by atoms with Gasteiger partial charge in [0.05, 0.1) is 20.7 Å². The van der Waals surface area contributed by atoms with Crippen molar-refractivity contribution in [2.24, 2.45) is 10.8 Å². The van der Waals surface area contributed by atoms with Crippen LogP contribution in [0.1, 0.15) is 49.4 Å². The molecule has 1 fully saturated rings. The summed E-state index contributed by atoms with van der Waals surface area (Å²) in [5.74, 6) is 0.971. The molecule has 7 nitrogen and oxygen atoms in total. The van der Waals surface area contributed by atoms with Crippen LogP contribution in [0, 0.1) is 3.57 Å². The van der Waals surface area contributed by atoms with Crippen LogP contribution in [0.3, 0.4) is 0 Å². The normalized spacial score (nSPS) is 14.8. The van der Waals surface area contributed by atoms with E-state index in [0.717, 1.165) is 45.1 Å². The number of fused-ring (bicyclic) bond motifs is 1. The third-order valence-corrected chi connectivity index (χ3v) is 6.79. The summed E-state index contributed by atoms with van der Waals surface area (Å²) < 4.78 is 8.49. The Balaban J connectivity index is 1.73. The third-order valence-electron chi connectivity index (χ3n) is 5.45. The van der Waals surface area contributed by atoms with E-state index >= 15 is 0 Å². The zero-order chi connectivity index (χ0) is 22.7. The molecule has 0 radical (unpaired) electrons. The quantitative estimate of drug-likeness (QED) is 0.328. The SMILES string of the molecule is NC(=O)COc1ccc(C=Nn2c(C3CCCCC3)nc3ccc(Br)cc3c2=O)cc1I. The van der Waals surface area contributed by atoms with Crippen LogP contribution < -0.4 is 16.0 Å². The molecule has 0 spiro atoms. The highest BCUT2D eigenvalue weighted by Gasteiger charge is 2.22. The number of halogens is 2. The van der Waals surface area contributed by atoms with Crippen LogP contribution in [-0.2, 0) is 4.79 Å². The molecule has 0 saturated heterocycles. The summed E-state index contributed by atoms with van der Waals surface area (Å²) in [7, 11) is 0. The van der Waals surface area contributed by atoms with E-state index in [4.69, 9.17) is 15.5 Å². The maximum atomic E-state index is 13.4. The van der Waals surface area contributed by atoms with Gasteiger partial charge in [0.1, 0.15) is 11.6 Å². The number of nitrogens with two attached hydrogens (primary N) is 1. The molecule has 2 aromatic carbocycles. The van der Waals surface area contributed by atoms with Gasteiger partial charge in [-0.15, -0.1) is 0 Å². The average molecular weight is 609 g/mol. The van der Waals surface area contributed by atoms with Crippen LogP contribution >= 0.6 is 38.5 Å². The number of rotatable bonds is 6. The van der Waals surface area contributed by atoms with Crippen LogP contribution in [0.2, 0.25) is 0 Å². The summed E-state index contributed by atoms with van der Waals surface area (Å²) in [5, 5.41) is 5.09. The number of aromatic nitrogens is 2. The number of benzene rings is 2. The molecule has 3 aromatic rings. The molecule has 0 aliphatic heterocycles. The number of hydrogen-bond donors (Lipinski definition) is 1. The Kier molecular flexibility index (Phi) is 7.24. The average Bonchev–Trinajstić information content (AvgIpc) is 2.78. The first kappa shape index (κ1) is 22.9. The van der Waals surface area contributed by atoms with Crippen molar-refractivity contribution in [1.82, 2.24) is 9.66 Å². The second-order valence-electron chi connectivity index (χ2n) is 7.77. The summed E-state index contributed by atoms with van der Waals surface area (Å²) in [4.78, 5) is 29.2. The summed E-state index contributed by atoms with van der Waals surface area (Å²) in [6, 6.07) is 11.0. The fourth-order valence-corrected chi connectivity index (χ4v) is 4.95. The van der Waals surface area contributed by atoms with Crippen LogP contribution in [0.25, 0.3) is 10.9 Å². The number of carbonyl (C=O) groups is 1. The van der Waals surface area contributed by atoms with Gasteiger partial charge < -0.3 is 10.5 Å². The van der Waals surface area contributed by atoms with Gasteiger partial charge in [0.2, 0.25) is 0 Å². The minimum Gasteiger partial charge on any atom is -0.483 e. The Hall–Kier alpha value is -2.27. The Labute approximate surface area is 207 Å². The van der Waals surface area contributed by atoms with Crippen molar-refractivity contribution in [3.8, 4) is 5.75 Å². The van der Waals surface area contributed by atoms with Crippen LogP contribution in [0.15, 0.2) is 50.8 Å². The first-order valence-electron chi connectivity index (χ1n) is 10.4. The Morgan fingerprint density at radius 3 is 2.75 bits per heavy atom. The van der Waals surface area contributed by atoms with Gasteiger partial charge in [-0.25, -0.2) is 4.98 Å². The van der Waals surface area contributed by atoms with E-state index in [9.17, 15) is 9.59 Å². The van der Waals surface area contributed by atoms with E-state index in [1.54, 1.807) is 18.3 Å². The molecular weight excluding hydrogens is 587 g/mol. The predicted molar refractivity (Wildman–Crippen MR) is 136 cm³/mol. The summed E-state index contributed by atoms with van der Waals surface area (Å²) in [5.41, 5.74) is 6.46. The summed E-state index contributed by atoms with van der Waals surface area (Å²) in [6.07, 6.45) is 7.15. The summed E-state index contributed by atoms with van der Waals surface area (Å²) >= 11 is 5.57. The first-order chi connectivity index (χ1) is 15.4. The minimum atomic E-state index is -0.531. The lowest BCUT2D eigenvalue weighted by Crippen LogP contribution is -2.25. The van der Waals surface area contributed by atoms with Gasteiger partial charge in [-0.05, 0) is 77.4 Å².